The molecule has 0 amide bonds. The van der Waals surface area contributed by atoms with Gasteiger partial charge in [0, 0.05) is 18.6 Å². The number of pyridine rings is 1. The van der Waals surface area contributed by atoms with Crippen molar-refractivity contribution < 1.29 is 47.7 Å². The molecule has 0 N–H and O–H groups in total. The molecule has 0 atom stereocenters. The van der Waals surface area contributed by atoms with E-state index in [9.17, 15) is 43.2 Å². The molecular weight excluding hydrogens is 462 g/mol. The molecule has 0 unspecified atom stereocenters. The van der Waals surface area contributed by atoms with Crippen LogP contribution in [0.15, 0.2) is 30.6 Å². The zero-order valence-electron chi connectivity index (χ0n) is 16.2. The van der Waals surface area contributed by atoms with Gasteiger partial charge in [0.1, 0.15) is 6.54 Å². The van der Waals surface area contributed by atoms with E-state index in [0.717, 1.165) is 4.13 Å². The molecule has 0 aliphatic heterocycles. The zero-order valence-corrected chi connectivity index (χ0v) is 17.8. The number of rotatable bonds is 10. The van der Waals surface area contributed by atoms with E-state index < -0.39 is 31.1 Å². The number of nitrogens with zero attached hydrogens (tertiary/aromatic N) is 2. The first-order chi connectivity index (χ1) is 13.6. The highest BCUT2D eigenvalue weighted by molar-refractivity contribution is 8.13. The lowest BCUT2D eigenvalue weighted by atomic mass is 10.1. The molecule has 0 fully saturated rings. The average Bonchev–Trinajstić information content (AvgIpc) is 2.59. The smallest absolute Gasteiger partial charge is 0.421 e. The molecule has 0 saturated heterocycles. The number of unbranched alkanes of at least 4 members (excludes halogenated alkanes) is 6. The third kappa shape index (κ3) is 11.1. The van der Waals surface area contributed by atoms with Crippen LogP contribution in [0.5, 0.6) is 0 Å². The highest BCUT2D eigenvalue weighted by Crippen LogP contribution is 2.36. The Bertz CT molecular complexity index is 768. The van der Waals surface area contributed by atoms with Crippen molar-refractivity contribution in [3.05, 3.63) is 34.7 Å². The van der Waals surface area contributed by atoms with Crippen LogP contribution in [0.25, 0.3) is 4.13 Å². The van der Waals surface area contributed by atoms with E-state index in [1.54, 1.807) is 0 Å². The summed E-state index contributed by atoms with van der Waals surface area (Å²) in [5, 5.41) is 0. The van der Waals surface area contributed by atoms with Crippen LogP contribution in [0.4, 0.5) is 26.3 Å². The maximum atomic E-state index is 11.4. The molecule has 0 radical (unpaired) electrons. The van der Waals surface area contributed by atoms with Crippen molar-refractivity contribution in [3.63, 3.8) is 0 Å². The normalized spacial score (nSPS) is 12.9. The van der Waals surface area contributed by atoms with Gasteiger partial charge in [0.05, 0.1) is 0 Å². The van der Waals surface area contributed by atoms with Gasteiger partial charge in [-0.1, -0.05) is 45.1 Å². The molecule has 0 saturated carbocycles. The van der Waals surface area contributed by atoms with E-state index in [2.05, 4.69) is 42.1 Å². The molecule has 30 heavy (non-hydrogen) atoms. The first-order valence-corrected chi connectivity index (χ1v) is 11.8. The summed E-state index contributed by atoms with van der Waals surface area (Å²) in [5.41, 5.74) is -12.4. The summed E-state index contributed by atoms with van der Waals surface area (Å²) in [6, 6.07) is 6.27. The van der Waals surface area contributed by atoms with Crippen LogP contribution in [0.1, 0.15) is 51.9 Å². The van der Waals surface area contributed by atoms with Gasteiger partial charge in [0.2, 0.25) is 0 Å². The number of halogens is 6. The van der Waals surface area contributed by atoms with E-state index in [1.807, 2.05) is 0 Å². The Morgan fingerprint density at radius 3 is 1.50 bits per heavy atom. The van der Waals surface area contributed by atoms with Crippen molar-refractivity contribution in [2.24, 2.45) is 0 Å². The van der Waals surface area contributed by atoms with Gasteiger partial charge >= 0.3 is 11.0 Å². The fourth-order valence-corrected chi connectivity index (χ4v) is 3.76. The quantitative estimate of drug-likeness (QED) is 0.271. The fraction of sp³-hybridized carbons (Fsp3) is 0.688. The Morgan fingerprint density at radius 2 is 1.10 bits per heavy atom. The number of aryl methyl sites for hydroxylation is 1. The van der Waals surface area contributed by atoms with Crippen molar-refractivity contribution >= 4 is 20.0 Å². The predicted octanol–water partition coefficient (Wildman–Crippen LogP) is 4.78. The summed E-state index contributed by atoms with van der Waals surface area (Å²) >= 11 is 0. The molecule has 1 aromatic heterocycles. The maximum absolute atomic E-state index is 11.4. The Labute approximate surface area is 172 Å². The lowest BCUT2D eigenvalue weighted by Gasteiger charge is -2.22. The topological polar surface area (TPSA) is 86.3 Å². The molecular formula is C16H24F6N2O4S2. The monoisotopic (exact) mass is 486 g/mol. The van der Waals surface area contributed by atoms with Gasteiger partial charge in [-0.05, 0) is 6.42 Å². The van der Waals surface area contributed by atoms with E-state index in [0.29, 0.717) is 0 Å². The van der Waals surface area contributed by atoms with Crippen LogP contribution < -0.4 is 4.57 Å². The van der Waals surface area contributed by atoms with Gasteiger partial charge in [-0.3, -0.25) is 0 Å². The lowest BCUT2D eigenvalue weighted by Crippen LogP contribution is -2.32. The highest BCUT2D eigenvalue weighted by atomic mass is 32.3. The first-order valence-electron chi connectivity index (χ1n) is 8.95. The van der Waals surface area contributed by atoms with Crippen LogP contribution in [0.2, 0.25) is 0 Å². The predicted molar refractivity (Wildman–Crippen MR) is 97.9 cm³/mol. The van der Waals surface area contributed by atoms with Gasteiger partial charge < -0.3 is 4.13 Å². The van der Waals surface area contributed by atoms with Crippen LogP contribution in [0.3, 0.4) is 0 Å². The number of hydrogen-bond donors (Lipinski definition) is 0. The summed E-state index contributed by atoms with van der Waals surface area (Å²) < 4.78 is 111. The molecule has 0 aliphatic carbocycles. The minimum absolute atomic E-state index is 0.778. The molecule has 0 bridgehead atoms. The summed E-state index contributed by atoms with van der Waals surface area (Å²) in [6.45, 7) is 3.45. The minimum atomic E-state index is -6.72. The molecule has 176 valence electrons. The van der Waals surface area contributed by atoms with Gasteiger partial charge in [-0.2, -0.15) is 26.3 Å². The first kappa shape index (κ1) is 28.6. The second-order valence-electron chi connectivity index (χ2n) is 6.15. The van der Waals surface area contributed by atoms with Crippen molar-refractivity contribution in [1.82, 2.24) is 0 Å². The van der Waals surface area contributed by atoms with E-state index in [-0.39, 0.29) is 0 Å². The molecule has 1 heterocycles. The average molecular weight is 487 g/mol. The maximum Gasteiger partial charge on any atom is 0.480 e. The van der Waals surface area contributed by atoms with Crippen LogP contribution >= 0.6 is 0 Å². The third-order valence-electron chi connectivity index (χ3n) is 3.58. The lowest BCUT2D eigenvalue weighted by molar-refractivity contribution is -0.697. The number of sulfonamides is 2. The molecule has 1 rings (SSSR count). The van der Waals surface area contributed by atoms with Crippen LogP contribution in [-0.4, -0.2) is 27.9 Å². The Hall–Kier alpha value is -1.41. The Balaban J connectivity index is 0.000000561. The summed E-state index contributed by atoms with van der Waals surface area (Å²) in [6.07, 6.45) is 14.0. The van der Waals surface area contributed by atoms with Crippen molar-refractivity contribution in [2.75, 3.05) is 0 Å². The largest absolute Gasteiger partial charge is 0.480 e. The minimum Gasteiger partial charge on any atom is -0.421 e. The van der Waals surface area contributed by atoms with Crippen molar-refractivity contribution in [3.8, 4) is 0 Å². The zero-order chi connectivity index (χ0) is 23.5. The van der Waals surface area contributed by atoms with Crippen LogP contribution in [-0.2, 0) is 26.6 Å². The second-order valence-corrected chi connectivity index (χ2v) is 9.57. The SMILES string of the molecule is CCCCCCCCC[n+]1ccccc1.O=S(=O)([N-]S(=O)(=O)C(F)(F)F)C(F)(F)F. The molecule has 14 heteroatoms. The van der Waals surface area contributed by atoms with Gasteiger partial charge in [0.25, 0.3) is 0 Å². The summed E-state index contributed by atoms with van der Waals surface area (Å²) in [5.74, 6) is 0. The van der Waals surface area contributed by atoms with E-state index in [4.69, 9.17) is 0 Å². The molecule has 0 aliphatic rings. The molecule has 0 aromatic carbocycles. The summed E-state index contributed by atoms with van der Waals surface area (Å²) in [7, 11) is -13.4. The highest BCUT2D eigenvalue weighted by Gasteiger charge is 2.46. The fourth-order valence-electron chi connectivity index (χ4n) is 2.05. The molecule has 6 nitrogen and oxygen atoms in total. The van der Waals surface area contributed by atoms with Gasteiger partial charge in [-0.25, -0.2) is 21.4 Å². The number of alkyl halides is 6. The van der Waals surface area contributed by atoms with E-state index in [1.165, 1.54) is 51.5 Å². The third-order valence-corrected chi connectivity index (χ3v) is 6.32. The standard InChI is InChI=1S/C14H24N.C2F6NO4S2/c1-2-3-4-5-6-7-9-12-15-13-10-8-11-14-15;3-1(4,5)14(10,11)9-15(12,13)2(6,7)8/h8,10-11,13-14H,2-7,9,12H2,1H3;/q+1;-1. The van der Waals surface area contributed by atoms with Crippen molar-refractivity contribution in [1.29, 1.82) is 0 Å². The van der Waals surface area contributed by atoms with Crippen LogP contribution in [0, 0.1) is 0 Å². The number of aromatic nitrogens is 1. The van der Waals surface area contributed by atoms with E-state index >= 15 is 0 Å². The van der Waals surface area contributed by atoms with Gasteiger partial charge in [-0.15, -0.1) is 0 Å². The molecule has 0 spiro atoms. The van der Waals surface area contributed by atoms with Crippen molar-refractivity contribution in [2.45, 2.75) is 69.4 Å². The summed E-state index contributed by atoms with van der Waals surface area (Å²) in [4.78, 5) is 0. The Morgan fingerprint density at radius 1 is 0.700 bits per heavy atom. The Kier molecular flexibility index (Phi) is 11.9. The van der Waals surface area contributed by atoms with Gasteiger partial charge in [0.15, 0.2) is 32.4 Å². The second kappa shape index (κ2) is 12.4. The molecule has 1 aromatic rings. The number of hydrogen-bond acceptors (Lipinski definition) is 4.